The monoisotopic (exact) mass is 290 g/mol. The Morgan fingerprint density at radius 2 is 2.30 bits per heavy atom. The van der Waals surface area contributed by atoms with E-state index in [0.29, 0.717) is 6.54 Å². The smallest absolute Gasteiger partial charge is 0.261 e. The van der Waals surface area contributed by atoms with Gasteiger partial charge in [0.15, 0.2) is 0 Å². The number of carbonyl (C=O) groups excluding carboxylic acids is 1. The quantitative estimate of drug-likeness (QED) is 0.937. The number of hydrogen-bond donors (Lipinski definition) is 1. The summed E-state index contributed by atoms with van der Waals surface area (Å²) in [4.78, 5) is 12.6. The predicted molar refractivity (Wildman–Crippen MR) is 77.9 cm³/mol. The average molecular weight is 290 g/mol. The number of thiophene rings is 1. The van der Waals surface area contributed by atoms with Gasteiger partial charge in [0.1, 0.15) is 11.6 Å². The summed E-state index contributed by atoms with van der Waals surface area (Å²) in [6.45, 7) is 1.62. The summed E-state index contributed by atoms with van der Waals surface area (Å²) < 4.78 is 2.23. The summed E-state index contributed by atoms with van der Waals surface area (Å²) in [6.07, 6.45) is 5.42. The van der Waals surface area contributed by atoms with E-state index in [9.17, 15) is 4.79 Å². The molecule has 3 rings (SSSR count). The van der Waals surface area contributed by atoms with Gasteiger partial charge in [-0.05, 0) is 24.3 Å². The lowest BCUT2D eigenvalue weighted by Gasteiger charge is -2.07. The van der Waals surface area contributed by atoms with Gasteiger partial charge in [0.25, 0.3) is 5.91 Å². The molecule has 0 fully saturated rings. The first-order valence-electron chi connectivity index (χ1n) is 7.07. The van der Waals surface area contributed by atoms with E-state index in [1.165, 1.54) is 30.6 Å². The van der Waals surface area contributed by atoms with Gasteiger partial charge in [-0.15, -0.1) is 21.5 Å². The molecule has 5 nitrogen and oxygen atoms in total. The first-order chi connectivity index (χ1) is 9.84. The van der Waals surface area contributed by atoms with Gasteiger partial charge in [-0.3, -0.25) is 4.79 Å². The van der Waals surface area contributed by atoms with Gasteiger partial charge in [0, 0.05) is 25.9 Å². The minimum atomic E-state index is -0.00407. The van der Waals surface area contributed by atoms with Crippen LogP contribution in [0.5, 0.6) is 0 Å². The van der Waals surface area contributed by atoms with Crippen molar-refractivity contribution < 1.29 is 4.79 Å². The summed E-state index contributed by atoms with van der Waals surface area (Å²) >= 11 is 1.46. The van der Waals surface area contributed by atoms with E-state index in [2.05, 4.69) is 20.1 Å². The number of nitrogens with one attached hydrogen (secondary N) is 1. The molecule has 6 heteroatoms. The highest BCUT2D eigenvalue weighted by Crippen LogP contribution is 2.14. The third-order valence-corrected chi connectivity index (χ3v) is 4.43. The van der Waals surface area contributed by atoms with Crippen molar-refractivity contribution in [1.82, 2.24) is 20.1 Å². The Kier molecular flexibility index (Phi) is 4.11. The average Bonchev–Trinajstić information content (AvgIpc) is 3.05. The second-order valence-corrected chi connectivity index (χ2v) is 5.93. The molecule has 20 heavy (non-hydrogen) atoms. The van der Waals surface area contributed by atoms with Crippen LogP contribution < -0.4 is 5.32 Å². The van der Waals surface area contributed by atoms with E-state index in [1.807, 2.05) is 17.5 Å². The van der Waals surface area contributed by atoms with Crippen LogP contribution in [0.4, 0.5) is 0 Å². The standard InChI is InChI=1S/C14H18N4OS/c19-14(11-5-4-10-20-11)15-8-7-13-17-16-12-6-2-1-3-9-18(12)13/h4-5,10H,1-3,6-9H2,(H,15,19). The summed E-state index contributed by atoms with van der Waals surface area (Å²) in [6, 6.07) is 3.72. The van der Waals surface area contributed by atoms with Gasteiger partial charge < -0.3 is 9.88 Å². The molecule has 0 unspecified atom stereocenters. The van der Waals surface area contributed by atoms with Crippen LogP contribution in [0.15, 0.2) is 17.5 Å². The highest BCUT2D eigenvalue weighted by atomic mass is 32.1. The van der Waals surface area contributed by atoms with Crippen LogP contribution in [0.2, 0.25) is 0 Å². The molecule has 106 valence electrons. The first kappa shape index (κ1) is 13.3. The van der Waals surface area contributed by atoms with Gasteiger partial charge in [-0.1, -0.05) is 12.5 Å². The van der Waals surface area contributed by atoms with Crippen LogP contribution in [-0.4, -0.2) is 27.2 Å². The zero-order valence-electron chi connectivity index (χ0n) is 11.3. The Balaban J connectivity index is 1.56. The van der Waals surface area contributed by atoms with Crippen molar-refractivity contribution in [3.8, 4) is 0 Å². The number of rotatable bonds is 4. The second-order valence-electron chi connectivity index (χ2n) is 4.98. The van der Waals surface area contributed by atoms with Crippen molar-refractivity contribution in [1.29, 1.82) is 0 Å². The van der Waals surface area contributed by atoms with Crippen molar-refractivity contribution in [2.45, 2.75) is 38.6 Å². The minimum absolute atomic E-state index is 0.00407. The number of amides is 1. The molecule has 0 aromatic carbocycles. The molecule has 2 aromatic rings. The summed E-state index contributed by atoms with van der Waals surface area (Å²) in [5.74, 6) is 2.09. The molecule has 1 amide bonds. The SMILES string of the molecule is O=C(NCCc1nnc2n1CCCCC2)c1cccs1. The maximum absolute atomic E-state index is 11.8. The normalized spacial score (nSPS) is 14.6. The van der Waals surface area contributed by atoms with Crippen LogP contribution in [-0.2, 0) is 19.4 Å². The molecule has 0 bridgehead atoms. The van der Waals surface area contributed by atoms with Crippen LogP contribution in [0.1, 0.15) is 40.6 Å². The van der Waals surface area contributed by atoms with E-state index in [-0.39, 0.29) is 5.91 Å². The van der Waals surface area contributed by atoms with Crippen LogP contribution in [0.25, 0.3) is 0 Å². The molecule has 1 aliphatic heterocycles. The van der Waals surface area contributed by atoms with Crippen LogP contribution in [0, 0.1) is 0 Å². The number of nitrogens with zero attached hydrogens (tertiary/aromatic N) is 3. The van der Waals surface area contributed by atoms with E-state index in [1.54, 1.807) is 0 Å². The first-order valence-corrected chi connectivity index (χ1v) is 7.95. The van der Waals surface area contributed by atoms with Crippen molar-refractivity contribution in [3.05, 3.63) is 34.0 Å². The molecular formula is C14H18N4OS. The van der Waals surface area contributed by atoms with E-state index < -0.39 is 0 Å². The number of fused-ring (bicyclic) bond motifs is 1. The molecule has 1 N–H and O–H groups in total. The molecule has 0 aliphatic carbocycles. The van der Waals surface area contributed by atoms with Gasteiger partial charge in [-0.25, -0.2) is 0 Å². The van der Waals surface area contributed by atoms with Crippen molar-refractivity contribution in [3.63, 3.8) is 0 Å². The predicted octanol–water partition coefficient (Wildman–Crippen LogP) is 2.04. The summed E-state index contributed by atoms with van der Waals surface area (Å²) in [5, 5.41) is 13.4. The second kappa shape index (κ2) is 6.17. The van der Waals surface area contributed by atoms with Gasteiger partial charge >= 0.3 is 0 Å². The highest BCUT2D eigenvalue weighted by molar-refractivity contribution is 7.12. The Hall–Kier alpha value is -1.69. The van der Waals surface area contributed by atoms with E-state index in [0.717, 1.165) is 35.9 Å². The van der Waals surface area contributed by atoms with Crippen molar-refractivity contribution in [2.24, 2.45) is 0 Å². The van der Waals surface area contributed by atoms with Crippen molar-refractivity contribution >= 4 is 17.2 Å². The Bertz CT molecular complexity index is 576. The molecule has 2 aromatic heterocycles. The van der Waals surface area contributed by atoms with Gasteiger partial charge in [-0.2, -0.15) is 0 Å². The molecule has 3 heterocycles. The lowest BCUT2D eigenvalue weighted by atomic mass is 10.2. The van der Waals surface area contributed by atoms with Gasteiger partial charge in [0.2, 0.25) is 0 Å². The largest absolute Gasteiger partial charge is 0.351 e. The maximum Gasteiger partial charge on any atom is 0.261 e. The van der Waals surface area contributed by atoms with Crippen LogP contribution >= 0.6 is 11.3 Å². The zero-order valence-corrected chi connectivity index (χ0v) is 12.2. The Morgan fingerprint density at radius 3 is 3.15 bits per heavy atom. The Labute approximate surface area is 122 Å². The molecule has 0 spiro atoms. The lowest BCUT2D eigenvalue weighted by molar-refractivity contribution is 0.0958. The third-order valence-electron chi connectivity index (χ3n) is 3.57. The lowest BCUT2D eigenvalue weighted by Crippen LogP contribution is -2.25. The fraction of sp³-hybridized carbons (Fsp3) is 0.500. The fourth-order valence-electron chi connectivity index (χ4n) is 2.51. The third kappa shape index (κ3) is 2.90. The molecule has 0 atom stereocenters. The molecule has 0 saturated carbocycles. The van der Waals surface area contributed by atoms with Crippen LogP contribution in [0.3, 0.4) is 0 Å². The number of hydrogen-bond acceptors (Lipinski definition) is 4. The maximum atomic E-state index is 11.8. The molecular weight excluding hydrogens is 272 g/mol. The summed E-state index contributed by atoms with van der Waals surface area (Å²) in [7, 11) is 0. The molecule has 0 radical (unpaired) electrons. The minimum Gasteiger partial charge on any atom is -0.351 e. The zero-order chi connectivity index (χ0) is 13.8. The van der Waals surface area contributed by atoms with E-state index >= 15 is 0 Å². The fourth-order valence-corrected chi connectivity index (χ4v) is 3.15. The Morgan fingerprint density at radius 1 is 1.35 bits per heavy atom. The molecule has 1 aliphatic rings. The number of aromatic nitrogens is 3. The van der Waals surface area contributed by atoms with Crippen molar-refractivity contribution in [2.75, 3.05) is 6.54 Å². The number of carbonyl (C=O) groups is 1. The number of aryl methyl sites for hydroxylation is 1. The molecule has 0 saturated heterocycles. The highest BCUT2D eigenvalue weighted by Gasteiger charge is 2.14. The van der Waals surface area contributed by atoms with E-state index in [4.69, 9.17) is 0 Å². The topological polar surface area (TPSA) is 59.8 Å². The summed E-state index contributed by atoms with van der Waals surface area (Å²) in [5.41, 5.74) is 0. The van der Waals surface area contributed by atoms with Gasteiger partial charge in [0.05, 0.1) is 4.88 Å².